The minimum absolute atomic E-state index is 0.00930. The van der Waals surface area contributed by atoms with Gasteiger partial charge in [0.1, 0.15) is 0 Å². The second-order valence-corrected chi connectivity index (χ2v) is 15.9. The van der Waals surface area contributed by atoms with Gasteiger partial charge in [0.05, 0.1) is 17.5 Å². The van der Waals surface area contributed by atoms with Crippen LogP contribution in [-0.2, 0) is 11.0 Å². The Kier molecular flexibility index (Phi) is 6.66. The van der Waals surface area contributed by atoms with Crippen LogP contribution in [0.3, 0.4) is 0 Å². The van der Waals surface area contributed by atoms with Crippen molar-refractivity contribution in [1.82, 2.24) is 9.88 Å². The molecule has 1 aliphatic heterocycles. The van der Waals surface area contributed by atoms with Gasteiger partial charge in [-0.3, -0.25) is 9.88 Å². The molecule has 1 fully saturated rings. The molecule has 0 radical (unpaired) electrons. The Morgan fingerprint density at radius 3 is 2.11 bits per heavy atom. The van der Waals surface area contributed by atoms with E-state index in [2.05, 4.69) is 91.6 Å². The van der Waals surface area contributed by atoms with Crippen LogP contribution >= 0.6 is 0 Å². The molecule has 0 aromatic carbocycles. The van der Waals surface area contributed by atoms with E-state index in [0.717, 1.165) is 12.2 Å². The van der Waals surface area contributed by atoms with Gasteiger partial charge in [0.2, 0.25) is 0 Å². The fraction of sp³-hybridized carbons (Fsp3) is 0.783. The van der Waals surface area contributed by atoms with Crippen molar-refractivity contribution in [3.8, 4) is 0 Å². The van der Waals surface area contributed by atoms with Gasteiger partial charge in [0.15, 0.2) is 8.32 Å². The zero-order chi connectivity index (χ0) is 20.6. The molecule has 1 aromatic heterocycles. The molecule has 3 atom stereocenters. The van der Waals surface area contributed by atoms with Crippen molar-refractivity contribution < 1.29 is 4.43 Å². The van der Waals surface area contributed by atoms with Gasteiger partial charge in [-0.15, -0.1) is 0 Å². The van der Waals surface area contributed by atoms with E-state index < -0.39 is 8.32 Å². The molecule has 1 saturated heterocycles. The molecule has 1 aliphatic rings. The molecule has 0 saturated carbocycles. The Labute approximate surface area is 169 Å². The first kappa shape index (κ1) is 22.6. The highest BCUT2D eigenvalue weighted by Crippen LogP contribution is 2.44. The zero-order valence-electron chi connectivity index (χ0n) is 19.4. The highest BCUT2D eigenvalue weighted by Gasteiger charge is 2.42. The number of aromatic nitrogens is 1. The van der Waals surface area contributed by atoms with E-state index in [0.29, 0.717) is 12.1 Å². The molecule has 154 valence electrons. The SMILES string of the molecule is C[C@@H]1CC[C@@H](C)N1Cc1cccc([C@@H](O[Si](C)(C)C(C)(C)C)C(C)(C)C)n1. The third kappa shape index (κ3) is 5.42. The molecule has 1 aromatic rings. The quantitative estimate of drug-likeness (QED) is 0.532. The summed E-state index contributed by atoms with van der Waals surface area (Å²) in [6.45, 7) is 24.0. The summed E-state index contributed by atoms with van der Waals surface area (Å²) >= 11 is 0. The van der Waals surface area contributed by atoms with Crippen molar-refractivity contribution in [2.24, 2.45) is 5.41 Å². The van der Waals surface area contributed by atoms with Crippen LogP contribution in [0.25, 0.3) is 0 Å². The van der Waals surface area contributed by atoms with E-state index in [9.17, 15) is 0 Å². The van der Waals surface area contributed by atoms with Gasteiger partial charge < -0.3 is 4.43 Å². The molecule has 0 amide bonds. The zero-order valence-corrected chi connectivity index (χ0v) is 20.4. The standard InChI is InChI=1S/C23H42N2OSi/c1-17-14-15-18(2)25(17)16-19-12-11-13-20(24-19)21(22(3,4)5)26-27(9,10)23(6,7)8/h11-13,17-18,21H,14-16H2,1-10H3/t17-,18-,21-/m1/s1. The Morgan fingerprint density at radius 2 is 1.63 bits per heavy atom. The second kappa shape index (κ2) is 7.96. The molecule has 0 bridgehead atoms. The van der Waals surface area contributed by atoms with Crippen molar-refractivity contribution in [3.63, 3.8) is 0 Å². The van der Waals surface area contributed by atoms with Gasteiger partial charge in [0, 0.05) is 18.6 Å². The average Bonchev–Trinajstić information content (AvgIpc) is 2.83. The predicted molar refractivity (Wildman–Crippen MR) is 118 cm³/mol. The lowest BCUT2D eigenvalue weighted by Gasteiger charge is -2.43. The largest absolute Gasteiger partial charge is 0.408 e. The molecule has 0 spiro atoms. The highest BCUT2D eigenvalue weighted by molar-refractivity contribution is 6.74. The summed E-state index contributed by atoms with van der Waals surface area (Å²) in [4.78, 5) is 7.68. The van der Waals surface area contributed by atoms with Crippen LogP contribution in [0.5, 0.6) is 0 Å². The minimum atomic E-state index is -1.89. The van der Waals surface area contributed by atoms with Gasteiger partial charge >= 0.3 is 0 Å². The summed E-state index contributed by atoms with van der Waals surface area (Å²) in [5.41, 5.74) is 2.26. The number of pyridine rings is 1. The van der Waals surface area contributed by atoms with Crippen molar-refractivity contribution in [2.45, 2.75) is 111 Å². The Bertz CT molecular complexity index is 620. The average molecular weight is 391 g/mol. The summed E-state index contributed by atoms with van der Waals surface area (Å²) in [5.74, 6) is 0. The summed E-state index contributed by atoms with van der Waals surface area (Å²) in [7, 11) is -1.89. The van der Waals surface area contributed by atoms with E-state index in [4.69, 9.17) is 9.41 Å². The Balaban J connectivity index is 2.29. The van der Waals surface area contributed by atoms with E-state index in [1.165, 1.54) is 18.5 Å². The summed E-state index contributed by atoms with van der Waals surface area (Å²) in [6.07, 6.45) is 2.60. The molecule has 27 heavy (non-hydrogen) atoms. The number of hydrogen-bond donors (Lipinski definition) is 0. The van der Waals surface area contributed by atoms with Crippen molar-refractivity contribution >= 4 is 8.32 Å². The summed E-state index contributed by atoms with van der Waals surface area (Å²) in [5, 5.41) is 0.189. The van der Waals surface area contributed by atoms with E-state index in [1.54, 1.807) is 0 Å². The third-order valence-electron chi connectivity index (χ3n) is 6.58. The van der Waals surface area contributed by atoms with Crippen LogP contribution in [0.2, 0.25) is 18.1 Å². The van der Waals surface area contributed by atoms with E-state index in [-0.39, 0.29) is 16.6 Å². The molecule has 0 aliphatic carbocycles. The number of nitrogens with zero attached hydrogens (tertiary/aromatic N) is 2. The molecule has 2 rings (SSSR count). The first-order valence-corrected chi connectivity index (χ1v) is 13.5. The predicted octanol–water partition coefficient (Wildman–Crippen LogP) is 6.56. The molecule has 0 N–H and O–H groups in total. The maximum absolute atomic E-state index is 6.88. The molecule has 2 heterocycles. The summed E-state index contributed by atoms with van der Waals surface area (Å²) in [6, 6.07) is 7.78. The molecule has 0 unspecified atom stereocenters. The van der Waals surface area contributed by atoms with Crippen LogP contribution in [0.15, 0.2) is 18.2 Å². The molecule has 3 nitrogen and oxygen atoms in total. The third-order valence-corrected chi connectivity index (χ3v) is 11.0. The van der Waals surface area contributed by atoms with E-state index >= 15 is 0 Å². The van der Waals surface area contributed by atoms with Gasteiger partial charge in [0.25, 0.3) is 0 Å². The van der Waals surface area contributed by atoms with Crippen LogP contribution in [-0.4, -0.2) is 30.3 Å². The lowest BCUT2D eigenvalue weighted by Crippen LogP contribution is -2.44. The van der Waals surface area contributed by atoms with Gasteiger partial charge in [-0.05, 0) is 62.4 Å². The van der Waals surface area contributed by atoms with Crippen molar-refractivity contribution in [1.29, 1.82) is 0 Å². The topological polar surface area (TPSA) is 25.4 Å². The Morgan fingerprint density at radius 1 is 1.07 bits per heavy atom. The molecular formula is C23H42N2OSi. The van der Waals surface area contributed by atoms with Crippen LogP contribution in [0, 0.1) is 5.41 Å². The van der Waals surface area contributed by atoms with Crippen molar-refractivity contribution in [2.75, 3.05) is 0 Å². The maximum atomic E-state index is 6.88. The fourth-order valence-electron chi connectivity index (χ4n) is 3.63. The van der Waals surface area contributed by atoms with Gasteiger partial charge in [-0.2, -0.15) is 0 Å². The summed E-state index contributed by atoms with van der Waals surface area (Å²) < 4.78 is 6.88. The number of hydrogen-bond acceptors (Lipinski definition) is 3. The first-order chi connectivity index (χ1) is 12.2. The maximum Gasteiger partial charge on any atom is 0.193 e. The minimum Gasteiger partial charge on any atom is -0.408 e. The van der Waals surface area contributed by atoms with Crippen molar-refractivity contribution in [3.05, 3.63) is 29.6 Å². The second-order valence-electron chi connectivity index (χ2n) is 11.1. The van der Waals surface area contributed by atoms with Crippen LogP contribution in [0.1, 0.15) is 85.7 Å². The normalized spacial score (nSPS) is 23.6. The smallest absolute Gasteiger partial charge is 0.193 e. The number of likely N-dealkylation sites (tertiary alicyclic amines) is 1. The lowest BCUT2D eigenvalue weighted by atomic mass is 9.87. The molecular weight excluding hydrogens is 348 g/mol. The van der Waals surface area contributed by atoms with Gasteiger partial charge in [-0.25, -0.2) is 0 Å². The molecule has 4 heteroatoms. The van der Waals surface area contributed by atoms with E-state index in [1.807, 2.05) is 0 Å². The van der Waals surface area contributed by atoms with Crippen LogP contribution in [0.4, 0.5) is 0 Å². The lowest BCUT2D eigenvalue weighted by molar-refractivity contribution is 0.0686. The number of rotatable bonds is 5. The fourth-order valence-corrected chi connectivity index (χ4v) is 5.05. The Hall–Kier alpha value is -0.713. The van der Waals surface area contributed by atoms with Crippen LogP contribution < -0.4 is 0 Å². The highest BCUT2D eigenvalue weighted by atomic mass is 28.4. The first-order valence-electron chi connectivity index (χ1n) is 10.6. The van der Waals surface area contributed by atoms with Gasteiger partial charge in [-0.1, -0.05) is 47.6 Å². The monoisotopic (exact) mass is 390 g/mol.